The van der Waals surface area contributed by atoms with Gasteiger partial charge in [-0.3, -0.25) is 130 Å². The van der Waals surface area contributed by atoms with Gasteiger partial charge in [-0.15, -0.1) is 0 Å². The van der Waals surface area contributed by atoms with Crippen molar-refractivity contribution in [2.24, 2.45) is 0 Å². The average Bonchev–Trinajstić information content (AvgIpc) is 1.63. The van der Waals surface area contributed by atoms with Crippen LogP contribution in [0.4, 0.5) is 35.3 Å². The Kier molecular flexibility index (Phi) is 32.1. The van der Waals surface area contributed by atoms with Gasteiger partial charge in [-0.05, 0) is 20.3 Å². The van der Waals surface area contributed by atoms with Crippen LogP contribution in [-0.2, 0) is 128 Å². The van der Waals surface area contributed by atoms with E-state index in [1.807, 2.05) is 0 Å². The zero-order valence-electron chi connectivity index (χ0n) is 77.8. The van der Waals surface area contributed by atoms with Crippen LogP contribution in [0.5, 0.6) is 0 Å². The highest BCUT2D eigenvalue weighted by atomic mass is 32.7. The first-order valence-electron chi connectivity index (χ1n) is 44.8. The van der Waals surface area contributed by atoms with Crippen LogP contribution in [-0.4, -0.2) is 249 Å². The highest BCUT2D eigenvalue weighted by molar-refractivity contribution is 8.46. The number of rotatable bonds is 41. The number of aromatic amines is 4. The molecule has 19 heterocycles. The van der Waals surface area contributed by atoms with Crippen LogP contribution in [0.2, 0.25) is 0 Å². The molecule has 7 aliphatic rings. The molecular weight excluding hydrogens is 2270 g/mol. The van der Waals surface area contributed by atoms with Crippen LogP contribution in [0.25, 0.3) is 55.8 Å². The predicted octanol–water partition coefficient (Wildman–Crippen LogP) is 6.11. The summed E-state index contributed by atoms with van der Waals surface area (Å²) in [6, 6.07) is 0. The maximum absolute atomic E-state index is 15.2. The molecule has 0 bridgehead atoms. The van der Waals surface area contributed by atoms with Crippen molar-refractivity contribution >= 4 is 224 Å². The molecule has 0 saturated carbocycles. The standard InChI is InChI=1S/C72H93N30O34P7S7/c1-5-30-31(6-44(123-30)97-14-29(3)64(103)95-72(97)108)131-138(110,145)117-19-42-36(11-49(128-42)101-26-86-54-62(101)90-69(77)93-66(54)105)136-143(115,150)121-18-41-34(9-46(126-41)98-23-83-51-57(74)79-21-81-59(51)98)133-141(113,148)120-17-40-35(10-47(125-40)99-24-84-52-58(75)80-22-82-60(52)99)134-142(114,149)122-20-43-37(12-50(129-43)102-27-87-55-63(102)91-70(78)94-67(55)106)135-140(112,147)119-16-39-33(7-45(124-39)96-13-28(2)56(73)88-71(96)107)132-139(111,146)118-15-38-32(130-137(109,144)116-4)8-48(127-38)100-25-85-53-61(100)89-68(76)92-65(53)104/h13-14,21-27,30-50H,5-12,15-20H2,1-4H3,(H,109,144)(H,110,145)(H,111,146)(H,112,147)(H,113,148)(H,114,149)(H,115,150)(H2,73,88,107)(H2,74,79,81)(H2,75,80,82)(H,95,103,108)(H3,76,89,92,104)(H3,77,90,93,105)(H3,78,91,94,106)/t30-,31?,32?,33?,34?,35?,36?,37?,38-,39-,40-,41-,42-,43-,44-,45-,46-,47-,48-,49-,50-,137?,138?,139?,140?,141?,142?,143?/m1/s1. The Morgan fingerprint density at radius 3 is 0.880 bits per heavy atom. The summed E-state index contributed by atoms with van der Waals surface area (Å²) in [5, 5.41) is 0. The van der Waals surface area contributed by atoms with E-state index in [4.69, 9.17) is 131 Å². The van der Waals surface area contributed by atoms with E-state index in [0.717, 1.165) is 18.0 Å². The molecular formula is C72H93N30O34P7S7. The van der Waals surface area contributed by atoms with E-state index in [0.29, 0.717) is 12.0 Å². The van der Waals surface area contributed by atoms with Crippen molar-refractivity contribution in [2.45, 2.75) is 201 Å². The molecule has 0 radical (unpaired) electrons. The Bertz CT molecular complexity index is 7950. The van der Waals surface area contributed by atoms with Crippen molar-refractivity contribution in [3.63, 3.8) is 0 Å². The van der Waals surface area contributed by atoms with Crippen LogP contribution < -0.4 is 68.0 Å². The van der Waals surface area contributed by atoms with Crippen LogP contribution in [0, 0.1) is 13.8 Å². The molecule has 14 unspecified atom stereocenters. The van der Waals surface area contributed by atoms with Crippen LogP contribution >= 0.6 is 133 Å². The lowest BCUT2D eigenvalue weighted by molar-refractivity contribution is -0.0525. The summed E-state index contributed by atoms with van der Waals surface area (Å²) >= 11 is 30.3. The summed E-state index contributed by atoms with van der Waals surface area (Å²) in [5.41, 5.74) is 32.4. The lowest BCUT2D eigenvalue weighted by Gasteiger charge is -2.27. The predicted molar refractivity (Wildman–Crippen MR) is 544 cm³/mol. The largest absolute Gasteiger partial charge is 0.386 e. The third-order valence-corrected chi connectivity index (χ3v) is 36.4. The van der Waals surface area contributed by atoms with Crippen molar-refractivity contribution in [3.05, 3.63) is 130 Å². The zero-order valence-corrected chi connectivity index (χ0v) is 90.3. The van der Waals surface area contributed by atoms with E-state index in [2.05, 4.69) is 170 Å². The number of nitrogens with one attached hydrogen (secondary N) is 4. The van der Waals surface area contributed by atoms with Gasteiger partial charge in [0.15, 0.2) is 56.4 Å². The summed E-state index contributed by atoms with van der Waals surface area (Å²) < 4.78 is 240. The third kappa shape index (κ3) is 24.3. The molecule has 28 atom stereocenters. The Morgan fingerprint density at radius 2 is 0.580 bits per heavy atom. The average molecular weight is 2360 g/mol. The van der Waals surface area contributed by atoms with Crippen molar-refractivity contribution in [3.8, 4) is 0 Å². The van der Waals surface area contributed by atoms with E-state index in [-0.39, 0.29) is 142 Å². The second-order valence-corrected chi connectivity index (χ2v) is 54.9. The minimum Gasteiger partial charge on any atom is -0.383 e. The fourth-order valence-corrected chi connectivity index (χ4v) is 27.9. The van der Waals surface area contributed by atoms with Crippen molar-refractivity contribution in [1.29, 1.82) is 0 Å². The number of thiol groups is 7. The minimum absolute atomic E-state index is 0.00522. The lowest BCUT2D eigenvalue weighted by atomic mass is 10.1. The van der Waals surface area contributed by atoms with E-state index < -0.39 is 250 Å². The van der Waals surface area contributed by atoms with Gasteiger partial charge in [-0.1, -0.05) is 92.7 Å². The van der Waals surface area contributed by atoms with Gasteiger partial charge in [0, 0.05) is 75.6 Å². The van der Waals surface area contributed by atoms with E-state index >= 15 is 18.3 Å². The Labute approximate surface area is 876 Å². The Morgan fingerprint density at radius 1 is 0.320 bits per heavy atom. The molecule has 19 rings (SSSR count). The van der Waals surface area contributed by atoms with Gasteiger partial charge in [0.25, 0.3) is 22.2 Å². The maximum atomic E-state index is 15.2. The van der Waals surface area contributed by atoms with Crippen molar-refractivity contribution < 1.29 is 128 Å². The molecule has 12 aromatic rings. The minimum atomic E-state index is -4.89. The van der Waals surface area contributed by atoms with Gasteiger partial charge < -0.3 is 72.1 Å². The summed E-state index contributed by atoms with van der Waals surface area (Å²) in [4.78, 5) is 142. The highest BCUT2D eigenvalue weighted by Gasteiger charge is 2.53. The van der Waals surface area contributed by atoms with Crippen LogP contribution in [0.15, 0.2) is 85.5 Å². The maximum Gasteiger partial charge on any atom is 0.386 e. The number of nitrogens with zero attached hydrogens (tertiary/aromatic N) is 20. The molecule has 7 aliphatic heterocycles. The van der Waals surface area contributed by atoms with Crippen LogP contribution in [0.1, 0.15) is 113 Å². The molecule has 12 aromatic heterocycles. The molecule has 64 nitrogen and oxygen atoms in total. The fraction of sp³-hybridized carbons (Fsp3) is 0.542. The molecule has 78 heteroatoms. The van der Waals surface area contributed by atoms with Crippen molar-refractivity contribution in [1.82, 2.24) is 117 Å². The number of fused-ring (bicyclic) bond motifs is 5. The molecule has 0 spiro atoms. The Balaban J connectivity index is 0.546. The zero-order chi connectivity index (χ0) is 107. The summed E-state index contributed by atoms with van der Waals surface area (Å²) in [6.45, 7) is -32.5. The SMILES string of the molecule is CC[C@H]1O[C@@H](n2cc(C)c(=O)[nH]c2=O)CC1OP(=O)(S)OC[C@H]1O[C@@H](n2cnc3c(=O)[nH]c(N)nc32)CC1OP(=O)(S)OC[C@H]1O[C@@H](n2cnc3c(N)ncnc32)CC1OP(=O)(S)OC[C@H]1O[C@@H](n2cnc3c(N)ncnc32)CC1OP(=O)(S)OC[C@H]1O[C@@H](n2cnc3c(=O)[nH]c(N)nc32)CC1OP(=O)(S)OC[C@H]1O[C@@H](n2cc(C)c(N)nc2=O)CC1OP(=O)(S)OC[C@H]1O[C@@H](n2cnc3c(=O)[nH]c(N)nc32)CC1OP(=O)(S)OC. The number of ether oxygens (including phenoxy) is 7. The molecule has 0 aliphatic carbocycles. The molecule has 7 saturated heterocycles. The number of aryl methyl sites for hydroxylation is 2. The number of H-pyrrole nitrogens is 4. The number of nitrogen functional groups attached to an aromatic ring is 6. The molecule has 16 N–H and O–H groups in total. The van der Waals surface area contributed by atoms with Gasteiger partial charge in [-0.2, -0.15) is 19.9 Å². The third-order valence-electron chi connectivity index (χ3n) is 24.8. The van der Waals surface area contributed by atoms with E-state index in [9.17, 15) is 42.5 Å². The first kappa shape index (κ1) is 110. The van der Waals surface area contributed by atoms with Gasteiger partial charge in [-0.25, -0.2) is 86.4 Å². The molecule has 812 valence electrons. The van der Waals surface area contributed by atoms with Gasteiger partial charge in [0.1, 0.15) is 146 Å². The number of anilines is 6. The van der Waals surface area contributed by atoms with E-state index in [1.54, 1.807) is 13.8 Å². The fourth-order valence-electron chi connectivity index (χ4n) is 17.8. The molecule has 7 fully saturated rings. The topological polar surface area (TPSA) is 837 Å². The second kappa shape index (κ2) is 43.7. The van der Waals surface area contributed by atoms with Gasteiger partial charge >= 0.3 is 59.0 Å². The number of hydrogen-bond donors (Lipinski definition) is 17. The second-order valence-electron chi connectivity index (χ2n) is 34.7. The smallest absolute Gasteiger partial charge is 0.383 e. The Hall–Kier alpha value is -8.27. The number of nitrogens with two attached hydrogens (primary N) is 6. The first-order valence-corrected chi connectivity index (χ1v) is 63.6. The first-order chi connectivity index (χ1) is 71.0. The summed E-state index contributed by atoms with van der Waals surface area (Å²) in [6.07, 6.45) is -17.3. The monoisotopic (exact) mass is 2360 g/mol. The number of aromatic nitrogens is 24. The summed E-state index contributed by atoms with van der Waals surface area (Å²) in [7, 11) is 1.08. The molecule has 0 amide bonds. The number of hydrogen-bond acceptors (Lipinski definition) is 53. The normalized spacial score (nSPS) is 29.1. The highest BCUT2D eigenvalue weighted by Crippen LogP contribution is 2.65. The van der Waals surface area contributed by atoms with Crippen molar-refractivity contribution in [2.75, 3.05) is 81.2 Å². The van der Waals surface area contributed by atoms with Gasteiger partial charge in [0.05, 0.1) is 83.5 Å². The quantitative estimate of drug-likeness (QED) is 0.0152. The molecule has 150 heavy (non-hydrogen) atoms. The lowest BCUT2D eigenvalue weighted by Crippen LogP contribution is -2.33. The van der Waals surface area contributed by atoms with Crippen LogP contribution in [0.3, 0.4) is 0 Å². The molecule has 0 aromatic carbocycles. The summed E-state index contributed by atoms with van der Waals surface area (Å²) in [5.74, 6) is -1.03. The van der Waals surface area contributed by atoms with E-state index in [1.165, 1.54) is 84.7 Å². The number of imidazole rings is 5. The van der Waals surface area contributed by atoms with Gasteiger partial charge in [0.2, 0.25) is 17.8 Å².